The number of nitrogens with two attached hydrogens (primary N) is 1. The number of carbonyl (C=O) groups is 1. The van der Waals surface area contributed by atoms with E-state index in [-0.39, 0.29) is 17.4 Å². The molecule has 0 aliphatic heterocycles. The molecule has 8 heteroatoms. The summed E-state index contributed by atoms with van der Waals surface area (Å²) in [7, 11) is 1.64. The number of para-hydroxylation sites is 1. The Kier molecular flexibility index (Phi) is 6.61. The molecule has 0 bridgehead atoms. The number of carbonyl (C=O) groups excluding carboxylic acids is 1. The molecule has 1 aliphatic carbocycles. The molecule has 0 radical (unpaired) electrons. The van der Waals surface area contributed by atoms with Gasteiger partial charge in [-0.15, -0.1) is 0 Å². The van der Waals surface area contributed by atoms with Gasteiger partial charge >= 0.3 is 0 Å². The lowest BCUT2D eigenvalue weighted by atomic mass is 9.91. The largest absolute Gasteiger partial charge is 0.369 e. The Morgan fingerprint density at radius 2 is 1.97 bits per heavy atom. The second-order valence-corrected chi connectivity index (χ2v) is 9.42. The van der Waals surface area contributed by atoms with Crippen molar-refractivity contribution in [1.29, 1.82) is 0 Å². The third kappa shape index (κ3) is 4.77. The number of amides is 1. The molecule has 3 heterocycles. The first kappa shape index (κ1) is 23.8. The Morgan fingerprint density at radius 1 is 1.11 bits per heavy atom. The summed E-state index contributed by atoms with van der Waals surface area (Å²) in [4.78, 5) is 30.5. The lowest BCUT2D eigenvalue weighted by Gasteiger charge is -2.20. The van der Waals surface area contributed by atoms with Crippen LogP contribution in [0.15, 0.2) is 61.2 Å². The number of aromatic nitrogens is 4. The highest BCUT2D eigenvalue weighted by Crippen LogP contribution is 2.41. The van der Waals surface area contributed by atoms with E-state index in [1.54, 1.807) is 25.6 Å². The van der Waals surface area contributed by atoms with Crippen LogP contribution < -0.4 is 16.4 Å². The van der Waals surface area contributed by atoms with Gasteiger partial charge in [0.2, 0.25) is 0 Å². The highest BCUT2D eigenvalue weighted by Gasteiger charge is 2.41. The van der Waals surface area contributed by atoms with Gasteiger partial charge in [-0.05, 0) is 43.0 Å². The minimum Gasteiger partial charge on any atom is -0.369 e. The molecule has 1 fully saturated rings. The summed E-state index contributed by atoms with van der Waals surface area (Å²) < 4.78 is 0. The fourth-order valence-electron chi connectivity index (χ4n) is 4.65. The van der Waals surface area contributed by atoms with Gasteiger partial charge in [0.15, 0.2) is 0 Å². The smallest absolute Gasteiger partial charge is 0.251 e. The Bertz CT molecular complexity index is 1380. The van der Waals surface area contributed by atoms with Gasteiger partial charge in [-0.2, -0.15) is 0 Å². The predicted octanol–water partition coefficient (Wildman–Crippen LogP) is 4.39. The quantitative estimate of drug-likeness (QED) is 0.324. The Labute approximate surface area is 210 Å². The molecular weight excluding hydrogens is 450 g/mol. The van der Waals surface area contributed by atoms with Crippen molar-refractivity contribution in [3.8, 4) is 11.3 Å². The number of hydrogen-bond donors (Lipinski definition) is 3. The van der Waals surface area contributed by atoms with Crippen molar-refractivity contribution in [3.05, 3.63) is 78.0 Å². The van der Waals surface area contributed by atoms with E-state index in [0.29, 0.717) is 12.1 Å². The monoisotopic (exact) mass is 481 g/mol. The molecule has 1 amide bonds. The summed E-state index contributed by atoms with van der Waals surface area (Å²) in [5.74, 6) is 0.839. The molecule has 1 aliphatic rings. The number of rotatable bonds is 9. The second kappa shape index (κ2) is 9.99. The van der Waals surface area contributed by atoms with Gasteiger partial charge in [-0.25, -0.2) is 9.97 Å². The molecule has 1 atom stereocenters. The van der Waals surface area contributed by atoms with Gasteiger partial charge in [0.05, 0.1) is 28.0 Å². The average molecular weight is 482 g/mol. The van der Waals surface area contributed by atoms with E-state index in [4.69, 9.17) is 5.73 Å². The van der Waals surface area contributed by atoms with Crippen molar-refractivity contribution in [1.82, 2.24) is 25.3 Å². The van der Waals surface area contributed by atoms with E-state index in [0.717, 1.165) is 64.9 Å². The SMILES string of the molecule is CCCC(CNc1cc(-c2ccc(C3(N)CC3)nc2)ncn1)c1cccc2c(C(=O)NC)ccnc12. The summed E-state index contributed by atoms with van der Waals surface area (Å²) in [5.41, 5.74) is 11.3. The van der Waals surface area contributed by atoms with Crippen LogP contribution in [0.3, 0.4) is 0 Å². The summed E-state index contributed by atoms with van der Waals surface area (Å²) >= 11 is 0. The van der Waals surface area contributed by atoms with Crippen molar-refractivity contribution in [2.75, 3.05) is 18.9 Å². The summed E-state index contributed by atoms with van der Waals surface area (Å²) in [6.07, 6.45) is 9.08. The number of nitrogens with zero attached hydrogens (tertiary/aromatic N) is 4. The van der Waals surface area contributed by atoms with E-state index >= 15 is 0 Å². The summed E-state index contributed by atoms with van der Waals surface area (Å²) in [6.45, 7) is 2.86. The zero-order chi connectivity index (χ0) is 25.1. The van der Waals surface area contributed by atoms with Crippen molar-refractivity contribution >= 4 is 22.6 Å². The number of fused-ring (bicyclic) bond motifs is 1. The molecule has 3 aromatic heterocycles. The van der Waals surface area contributed by atoms with Crippen LogP contribution in [0.2, 0.25) is 0 Å². The highest BCUT2D eigenvalue weighted by atomic mass is 16.1. The summed E-state index contributed by atoms with van der Waals surface area (Å²) in [6, 6.07) is 13.8. The first-order chi connectivity index (χ1) is 17.5. The van der Waals surface area contributed by atoms with Gasteiger partial charge in [-0.3, -0.25) is 14.8 Å². The minimum atomic E-state index is -0.247. The molecule has 0 saturated heterocycles. The zero-order valence-electron chi connectivity index (χ0n) is 20.7. The topological polar surface area (TPSA) is 119 Å². The number of nitrogens with one attached hydrogen (secondary N) is 2. The fraction of sp³-hybridized carbons (Fsp3) is 0.321. The van der Waals surface area contributed by atoms with Gasteiger partial charge in [-0.1, -0.05) is 31.5 Å². The van der Waals surface area contributed by atoms with Crippen LogP contribution in [0.4, 0.5) is 5.82 Å². The first-order valence-electron chi connectivity index (χ1n) is 12.4. The van der Waals surface area contributed by atoms with Gasteiger partial charge in [0, 0.05) is 48.9 Å². The van der Waals surface area contributed by atoms with Gasteiger partial charge in [0.1, 0.15) is 12.1 Å². The van der Waals surface area contributed by atoms with Crippen LogP contribution in [-0.4, -0.2) is 39.4 Å². The number of anilines is 1. The maximum Gasteiger partial charge on any atom is 0.251 e. The van der Waals surface area contributed by atoms with Crippen molar-refractivity contribution in [3.63, 3.8) is 0 Å². The van der Waals surface area contributed by atoms with Crippen LogP contribution >= 0.6 is 0 Å². The Morgan fingerprint density at radius 3 is 2.69 bits per heavy atom. The minimum absolute atomic E-state index is 0.112. The molecule has 8 nitrogen and oxygen atoms in total. The lowest BCUT2D eigenvalue weighted by molar-refractivity contribution is 0.0964. The van der Waals surface area contributed by atoms with E-state index in [1.165, 1.54) is 0 Å². The van der Waals surface area contributed by atoms with Crippen LogP contribution in [0.1, 0.15) is 60.1 Å². The molecular formula is C28H31N7O. The van der Waals surface area contributed by atoms with E-state index in [1.807, 2.05) is 36.5 Å². The van der Waals surface area contributed by atoms with Crippen molar-refractivity contribution < 1.29 is 4.79 Å². The van der Waals surface area contributed by atoms with Crippen molar-refractivity contribution in [2.45, 2.75) is 44.1 Å². The van der Waals surface area contributed by atoms with Gasteiger partial charge in [0.25, 0.3) is 5.91 Å². The van der Waals surface area contributed by atoms with Crippen molar-refractivity contribution in [2.24, 2.45) is 5.73 Å². The molecule has 0 spiro atoms. The van der Waals surface area contributed by atoms with Crippen LogP contribution in [0.5, 0.6) is 0 Å². The first-order valence-corrected chi connectivity index (χ1v) is 12.4. The maximum absolute atomic E-state index is 12.4. The van der Waals surface area contributed by atoms with E-state index < -0.39 is 0 Å². The highest BCUT2D eigenvalue weighted by molar-refractivity contribution is 6.06. The normalized spacial score (nSPS) is 14.9. The maximum atomic E-state index is 12.4. The van der Waals surface area contributed by atoms with Crippen LogP contribution in [-0.2, 0) is 5.54 Å². The molecule has 36 heavy (non-hydrogen) atoms. The molecule has 5 rings (SSSR count). The third-order valence-corrected chi connectivity index (χ3v) is 6.91. The number of pyridine rings is 2. The zero-order valence-corrected chi connectivity index (χ0v) is 20.7. The van der Waals surface area contributed by atoms with E-state index in [2.05, 4.69) is 43.6 Å². The number of hydrogen-bond acceptors (Lipinski definition) is 7. The predicted molar refractivity (Wildman–Crippen MR) is 142 cm³/mol. The average Bonchev–Trinajstić information content (AvgIpc) is 3.68. The third-order valence-electron chi connectivity index (χ3n) is 6.91. The standard InChI is InChI=1S/C28H31N7O/c1-3-5-18(20-6-4-7-21-22(27(36)30-2)10-13-31-26(20)21)15-33-25-14-23(34-17-35-25)19-8-9-24(32-16-19)28(29)11-12-28/h4,6-10,13-14,16-18H,3,5,11-12,15,29H2,1-2H3,(H,30,36)(H,33,34,35). The molecule has 4 N–H and O–H groups in total. The lowest BCUT2D eigenvalue weighted by Crippen LogP contribution is -2.20. The molecule has 1 unspecified atom stereocenters. The molecule has 4 aromatic rings. The Hall–Kier alpha value is -3.91. The number of benzene rings is 1. The molecule has 184 valence electrons. The Balaban J connectivity index is 1.37. The summed E-state index contributed by atoms with van der Waals surface area (Å²) in [5, 5.41) is 7.08. The molecule has 1 aromatic carbocycles. The van der Waals surface area contributed by atoms with Crippen LogP contribution in [0.25, 0.3) is 22.2 Å². The van der Waals surface area contributed by atoms with Crippen LogP contribution in [0, 0.1) is 0 Å². The van der Waals surface area contributed by atoms with E-state index in [9.17, 15) is 4.79 Å². The second-order valence-electron chi connectivity index (χ2n) is 9.42. The molecule has 1 saturated carbocycles. The van der Waals surface area contributed by atoms with Gasteiger partial charge < -0.3 is 16.4 Å². The fourth-order valence-corrected chi connectivity index (χ4v) is 4.65.